The average Bonchev–Trinajstić information content (AvgIpc) is 2.37. The van der Waals surface area contributed by atoms with Crippen LogP contribution in [0.4, 0.5) is 0 Å². The van der Waals surface area contributed by atoms with Gasteiger partial charge in [-0.3, -0.25) is 14.9 Å². The first-order valence-corrected chi connectivity index (χ1v) is 7.52. The van der Waals surface area contributed by atoms with Crippen LogP contribution < -0.4 is 5.32 Å². The number of hydrogen-bond donors (Lipinski definition) is 1. The first-order chi connectivity index (χ1) is 10.00. The SMILES string of the molecule is Cc1cccc(C2C(=O)NC(=O)CC23CCOC(C)C3)c1. The average molecular weight is 287 g/mol. The topological polar surface area (TPSA) is 55.4 Å². The molecule has 0 bridgehead atoms. The second kappa shape index (κ2) is 5.26. The number of imide groups is 1. The molecular formula is C17H21NO3. The Labute approximate surface area is 124 Å². The molecule has 3 rings (SSSR count). The Hall–Kier alpha value is -1.68. The molecule has 4 nitrogen and oxygen atoms in total. The van der Waals surface area contributed by atoms with Crippen molar-refractivity contribution in [1.29, 1.82) is 0 Å². The summed E-state index contributed by atoms with van der Waals surface area (Å²) in [7, 11) is 0. The molecule has 1 aromatic rings. The van der Waals surface area contributed by atoms with Gasteiger partial charge in [0.15, 0.2) is 0 Å². The van der Waals surface area contributed by atoms with Crippen LogP contribution in [0.2, 0.25) is 0 Å². The van der Waals surface area contributed by atoms with E-state index in [0.717, 1.165) is 24.0 Å². The third-order valence-electron chi connectivity index (χ3n) is 4.72. The van der Waals surface area contributed by atoms with Gasteiger partial charge in [0, 0.05) is 13.0 Å². The van der Waals surface area contributed by atoms with Crippen LogP contribution in [0.1, 0.15) is 43.2 Å². The van der Waals surface area contributed by atoms with Gasteiger partial charge in [-0.05, 0) is 37.7 Å². The fourth-order valence-corrected chi connectivity index (χ4v) is 3.93. The molecular weight excluding hydrogens is 266 g/mol. The summed E-state index contributed by atoms with van der Waals surface area (Å²) in [6, 6.07) is 8.05. The van der Waals surface area contributed by atoms with Gasteiger partial charge in [0.1, 0.15) is 0 Å². The van der Waals surface area contributed by atoms with Crippen LogP contribution in [0.15, 0.2) is 24.3 Å². The lowest BCUT2D eigenvalue weighted by Crippen LogP contribution is -2.53. The number of benzene rings is 1. The number of amides is 2. The number of piperidine rings is 1. The van der Waals surface area contributed by atoms with Crippen LogP contribution in [-0.2, 0) is 14.3 Å². The molecule has 2 heterocycles. The van der Waals surface area contributed by atoms with Crippen LogP contribution >= 0.6 is 0 Å². The Bertz CT molecular complexity index is 583. The minimum atomic E-state index is -0.301. The van der Waals surface area contributed by atoms with Crippen LogP contribution in [0.25, 0.3) is 0 Å². The third-order valence-corrected chi connectivity index (χ3v) is 4.72. The molecule has 2 aliphatic heterocycles. The van der Waals surface area contributed by atoms with Crippen molar-refractivity contribution < 1.29 is 14.3 Å². The molecule has 112 valence electrons. The van der Waals surface area contributed by atoms with Gasteiger partial charge in [0.2, 0.25) is 11.8 Å². The maximum atomic E-state index is 12.5. The maximum Gasteiger partial charge on any atom is 0.234 e. The van der Waals surface area contributed by atoms with Gasteiger partial charge in [-0.2, -0.15) is 0 Å². The van der Waals surface area contributed by atoms with E-state index in [4.69, 9.17) is 4.74 Å². The highest BCUT2D eigenvalue weighted by molar-refractivity contribution is 6.02. The van der Waals surface area contributed by atoms with E-state index in [1.807, 2.05) is 32.0 Å². The highest BCUT2D eigenvalue weighted by Gasteiger charge is 2.51. The summed E-state index contributed by atoms with van der Waals surface area (Å²) in [6.45, 7) is 4.66. The number of nitrogens with one attached hydrogen (secondary N) is 1. The molecule has 4 heteroatoms. The van der Waals surface area contributed by atoms with Crippen LogP contribution in [0.3, 0.4) is 0 Å². The third kappa shape index (κ3) is 2.60. The van der Waals surface area contributed by atoms with Gasteiger partial charge in [-0.15, -0.1) is 0 Å². The van der Waals surface area contributed by atoms with Crippen LogP contribution in [0, 0.1) is 12.3 Å². The normalized spacial score (nSPS) is 33.0. The Kier molecular flexibility index (Phi) is 3.57. The summed E-state index contributed by atoms with van der Waals surface area (Å²) >= 11 is 0. The number of carbonyl (C=O) groups is 2. The van der Waals surface area contributed by atoms with Gasteiger partial charge in [-0.1, -0.05) is 29.8 Å². The zero-order valence-corrected chi connectivity index (χ0v) is 12.5. The number of rotatable bonds is 1. The van der Waals surface area contributed by atoms with Crippen molar-refractivity contribution in [2.24, 2.45) is 5.41 Å². The summed E-state index contributed by atoms with van der Waals surface area (Å²) in [4.78, 5) is 24.4. The summed E-state index contributed by atoms with van der Waals surface area (Å²) < 4.78 is 5.64. The van der Waals surface area contributed by atoms with Crippen molar-refractivity contribution in [2.75, 3.05) is 6.61 Å². The lowest BCUT2D eigenvalue weighted by atomic mass is 9.62. The predicted molar refractivity (Wildman–Crippen MR) is 78.8 cm³/mol. The Balaban J connectivity index is 2.04. The summed E-state index contributed by atoms with van der Waals surface area (Å²) in [5.74, 6) is -0.578. The highest BCUT2D eigenvalue weighted by atomic mass is 16.5. The van der Waals surface area contributed by atoms with E-state index >= 15 is 0 Å². The van der Waals surface area contributed by atoms with Crippen molar-refractivity contribution in [3.63, 3.8) is 0 Å². The number of ether oxygens (including phenoxy) is 1. The highest BCUT2D eigenvalue weighted by Crippen LogP contribution is 2.50. The molecule has 0 saturated carbocycles. The number of hydrogen-bond acceptors (Lipinski definition) is 3. The lowest BCUT2D eigenvalue weighted by Gasteiger charge is -2.47. The van der Waals surface area contributed by atoms with Crippen molar-refractivity contribution in [2.45, 2.75) is 45.1 Å². The molecule has 0 aromatic heterocycles. The van der Waals surface area contributed by atoms with Gasteiger partial charge in [-0.25, -0.2) is 0 Å². The van der Waals surface area contributed by atoms with Crippen molar-refractivity contribution in [3.05, 3.63) is 35.4 Å². The summed E-state index contributed by atoms with van der Waals surface area (Å²) in [5, 5.41) is 2.52. The largest absolute Gasteiger partial charge is 0.378 e. The van der Waals surface area contributed by atoms with Gasteiger partial charge in [0.25, 0.3) is 0 Å². The Morgan fingerprint density at radius 2 is 2.14 bits per heavy atom. The number of carbonyl (C=O) groups excluding carboxylic acids is 2. The monoisotopic (exact) mass is 287 g/mol. The lowest BCUT2D eigenvalue weighted by molar-refractivity contribution is -0.146. The molecule has 2 amide bonds. The second-order valence-electron chi connectivity index (χ2n) is 6.43. The molecule has 0 aliphatic carbocycles. The molecule has 3 atom stereocenters. The van der Waals surface area contributed by atoms with E-state index in [9.17, 15) is 9.59 Å². The molecule has 2 aliphatic rings. The van der Waals surface area contributed by atoms with Gasteiger partial charge in [0.05, 0.1) is 12.0 Å². The molecule has 3 unspecified atom stereocenters. The number of aryl methyl sites for hydroxylation is 1. The van der Waals surface area contributed by atoms with Crippen molar-refractivity contribution >= 4 is 11.8 Å². The predicted octanol–water partition coefficient (Wildman–Crippen LogP) is 2.31. The van der Waals surface area contributed by atoms with Gasteiger partial charge < -0.3 is 4.74 Å². The smallest absolute Gasteiger partial charge is 0.234 e. The molecule has 1 N–H and O–H groups in total. The molecule has 2 fully saturated rings. The van der Waals surface area contributed by atoms with E-state index in [-0.39, 0.29) is 29.3 Å². The van der Waals surface area contributed by atoms with E-state index in [1.165, 1.54) is 0 Å². The van der Waals surface area contributed by atoms with Crippen LogP contribution in [0.5, 0.6) is 0 Å². The molecule has 0 radical (unpaired) electrons. The quantitative estimate of drug-likeness (QED) is 0.806. The van der Waals surface area contributed by atoms with Gasteiger partial charge >= 0.3 is 0 Å². The zero-order valence-electron chi connectivity index (χ0n) is 12.5. The van der Waals surface area contributed by atoms with E-state index in [1.54, 1.807) is 0 Å². The molecule has 1 aromatic carbocycles. The zero-order chi connectivity index (χ0) is 15.0. The second-order valence-corrected chi connectivity index (χ2v) is 6.43. The fraction of sp³-hybridized carbons (Fsp3) is 0.529. The first kappa shape index (κ1) is 14.3. The van der Waals surface area contributed by atoms with E-state index in [0.29, 0.717) is 13.0 Å². The summed E-state index contributed by atoms with van der Waals surface area (Å²) in [6.07, 6.45) is 2.01. The van der Waals surface area contributed by atoms with E-state index in [2.05, 4.69) is 11.4 Å². The van der Waals surface area contributed by atoms with Crippen molar-refractivity contribution in [3.8, 4) is 0 Å². The first-order valence-electron chi connectivity index (χ1n) is 7.52. The minimum absolute atomic E-state index is 0.0877. The Morgan fingerprint density at radius 1 is 1.33 bits per heavy atom. The Morgan fingerprint density at radius 3 is 2.86 bits per heavy atom. The molecule has 21 heavy (non-hydrogen) atoms. The van der Waals surface area contributed by atoms with Crippen molar-refractivity contribution in [1.82, 2.24) is 5.32 Å². The minimum Gasteiger partial charge on any atom is -0.378 e. The fourth-order valence-electron chi connectivity index (χ4n) is 3.93. The maximum absolute atomic E-state index is 12.5. The molecule has 2 saturated heterocycles. The standard InChI is InChI=1S/C17H21NO3/c1-11-4-3-5-13(8-11)15-16(20)18-14(19)10-17(15)6-7-21-12(2)9-17/h3-5,8,12,15H,6-7,9-10H2,1-2H3,(H,18,19,20). The van der Waals surface area contributed by atoms with E-state index < -0.39 is 0 Å². The van der Waals surface area contributed by atoms with Crippen LogP contribution in [-0.4, -0.2) is 24.5 Å². The summed E-state index contributed by atoms with van der Waals surface area (Å²) in [5.41, 5.74) is 1.84. The molecule has 1 spiro atoms.